The second-order valence-corrected chi connectivity index (χ2v) is 17.5. The van der Waals surface area contributed by atoms with Gasteiger partial charge < -0.3 is 30.1 Å². The fourth-order valence-corrected chi connectivity index (χ4v) is 9.00. The minimum atomic E-state index is -4.39. The molecule has 1 unspecified atom stereocenters. The zero-order valence-electron chi connectivity index (χ0n) is 30.3. The number of rotatable bonds is 9. The fraction of sp³-hybridized carbons (Fsp3) is 0.595. The second-order valence-electron chi connectivity index (χ2n) is 15.4. The molecule has 6 rings (SSSR count). The Kier molecular flexibility index (Phi) is 10.6. The van der Waals surface area contributed by atoms with Gasteiger partial charge in [-0.3, -0.25) is 19.1 Å². The number of amides is 4. The number of allylic oxidation sites excluding steroid dienone is 1. The lowest BCUT2D eigenvalue weighted by molar-refractivity contribution is -0.142. The van der Waals surface area contributed by atoms with E-state index >= 15 is 0 Å². The molecule has 7 atom stereocenters. The predicted molar refractivity (Wildman–Crippen MR) is 192 cm³/mol. The van der Waals surface area contributed by atoms with Gasteiger partial charge in [0.15, 0.2) is 0 Å². The summed E-state index contributed by atoms with van der Waals surface area (Å²) in [6.45, 7) is 6.26. The van der Waals surface area contributed by atoms with Crippen molar-refractivity contribution < 1.29 is 46.6 Å². The quantitative estimate of drug-likeness (QED) is 0.273. The number of fused-ring (bicyclic) bond motifs is 3. The Hall–Kier alpha value is -4.47. The Bertz CT molecular complexity index is 1900. The van der Waals surface area contributed by atoms with Crippen LogP contribution in [0.15, 0.2) is 42.5 Å². The summed E-state index contributed by atoms with van der Waals surface area (Å²) in [7, 11) is -4.39. The molecular formula is C37H48FN5O9S. The third-order valence-electron chi connectivity index (χ3n) is 10.9. The van der Waals surface area contributed by atoms with Crippen LogP contribution < -0.4 is 24.8 Å². The van der Waals surface area contributed by atoms with Crippen LogP contribution in [0, 0.1) is 17.8 Å². The highest BCUT2D eigenvalue weighted by molar-refractivity contribution is 7.91. The molecule has 4 aliphatic rings. The molecule has 16 heteroatoms. The summed E-state index contributed by atoms with van der Waals surface area (Å²) in [6.07, 6.45) is 3.30. The molecule has 53 heavy (non-hydrogen) atoms. The highest BCUT2D eigenvalue weighted by atomic mass is 32.2. The number of nitrogens with zero attached hydrogens (tertiary/aromatic N) is 2. The SMILES string of the molecule is CC(C)Oc1cc2ccccc2c(O[C@@H]2C[C@H]3C(=O)NC4(C(=O)NS(=O)(=O)C5(CF)CC5)C[C@H]4/C=C\CC[C@H](C)C[C@@H](C)[C@H](NC(=O)O)C(=O)N3C2)n1. The van der Waals surface area contributed by atoms with Crippen molar-refractivity contribution in [1.29, 1.82) is 0 Å². The Morgan fingerprint density at radius 2 is 1.91 bits per heavy atom. The summed E-state index contributed by atoms with van der Waals surface area (Å²) in [6, 6.07) is 6.74. The number of sulfonamides is 1. The largest absolute Gasteiger partial charge is 0.475 e. The van der Waals surface area contributed by atoms with Crippen LogP contribution in [0.3, 0.4) is 0 Å². The van der Waals surface area contributed by atoms with E-state index in [0.29, 0.717) is 30.5 Å². The molecule has 0 spiro atoms. The number of nitrogens with one attached hydrogen (secondary N) is 3. The van der Waals surface area contributed by atoms with Crippen molar-refractivity contribution in [2.45, 2.75) is 107 Å². The normalized spacial score (nSPS) is 30.6. The van der Waals surface area contributed by atoms with Crippen LogP contribution in [0.25, 0.3) is 10.8 Å². The van der Waals surface area contributed by atoms with E-state index in [9.17, 15) is 37.1 Å². The molecule has 2 saturated carbocycles. The van der Waals surface area contributed by atoms with Crippen molar-refractivity contribution >= 4 is 44.6 Å². The van der Waals surface area contributed by atoms with Gasteiger partial charge in [-0.25, -0.2) is 17.6 Å². The number of alkyl halides is 1. The smallest absolute Gasteiger partial charge is 0.405 e. The molecule has 4 N–H and O–H groups in total. The van der Waals surface area contributed by atoms with Gasteiger partial charge in [-0.2, -0.15) is 4.98 Å². The van der Waals surface area contributed by atoms with E-state index in [0.717, 1.165) is 5.39 Å². The van der Waals surface area contributed by atoms with Crippen LogP contribution in [0.2, 0.25) is 0 Å². The molecular weight excluding hydrogens is 709 g/mol. The minimum Gasteiger partial charge on any atom is -0.475 e. The molecule has 14 nitrogen and oxygen atoms in total. The Morgan fingerprint density at radius 3 is 2.58 bits per heavy atom. The van der Waals surface area contributed by atoms with Crippen LogP contribution in [0.5, 0.6) is 11.8 Å². The molecule has 1 aromatic heterocycles. The molecule has 288 valence electrons. The number of carbonyl (C=O) groups is 4. The lowest BCUT2D eigenvalue weighted by Gasteiger charge is -2.32. The third-order valence-corrected chi connectivity index (χ3v) is 13.0. The van der Waals surface area contributed by atoms with Gasteiger partial charge in [0.2, 0.25) is 33.6 Å². The first-order valence-electron chi connectivity index (χ1n) is 18.2. The highest BCUT2D eigenvalue weighted by Crippen LogP contribution is 2.48. The third kappa shape index (κ3) is 7.92. The van der Waals surface area contributed by atoms with Crippen LogP contribution in [-0.2, 0) is 24.4 Å². The lowest BCUT2D eigenvalue weighted by atomic mass is 9.88. The van der Waals surface area contributed by atoms with Gasteiger partial charge in [-0.1, -0.05) is 44.2 Å². The van der Waals surface area contributed by atoms with Crippen LogP contribution in [-0.4, -0.2) is 95.0 Å². The first-order valence-corrected chi connectivity index (χ1v) is 19.7. The zero-order chi connectivity index (χ0) is 38.3. The summed E-state index contributed by atoms with van der Waals surface area (Å²) in [5, 5.41) is 16.4. The van der Waals surface area contributed by atoms with E-state index in [1.54, 1.807) is 19.1 Å². The van der Waals surface area contributed by atoms with Crippen molar-refractivity contribution in [3.05, 3.63) is 42.5 Å². The van der Waals surface area contributed by atoms with E-state index < -0.39 is 80.8 Å². The molecule has 2 aromatic rings. The number of carboxylic acid groups (broad SMARTS) is 1. The van der Waals surface area contributed by atoms with Crippen molar-refractivity contribution in [3.63, 3.8) is 0 Å². The van der Waals surface area contributed by atoms with Crippen LogP contribution >= 0.6 is 0 Å². The number of aromatic nitrogens is 1. The maximum absolute atomic E-state index is 14.4. The molecule has 1 aromatic carbocycles. The number of carbonyl (C=O) groups excluding carboxylic acids is 3. The molecule has 4 amide bonds. The van der Waals surface area contributed by atoms with Gasteiger partial charge in [0.1, 0.15) is 35.1 Å². The average molecular weight is 758 g/mol. The molecule has 1 saturated heterocycles. The summed E-state index contributed by atoms with van der Waals surface area (Å²) in [4.78, 5) is 60.4. The summed E-state index contributed by atoms with van der Waals surface area (Å²) >= 11 is 0. The average Bonchev–Trinajstić information content (AvgIpc) is 3.99. The van der Waals surface area contributed by atoms with E-state index in [1.807, 2.05) is 51.1 Å². The maximum atomic E-state index is 14.4. The van der Waals surface area contributed by atoms with Crippen molar-refractivity contribution in [2.75, 3.05) is 13.2 Å². The standard InChI is InChI=1S/C37H48FN5O9S/c1-21(2)51-29-16-24-10-6-8-12-27(24)32(39-29)52-26-17-28-31(44)41-37(34(46)42-53(49,50)36(20-38)13-14-36)18-25(37)11-7-5-9-22(3)15-23(4)30(40-35(47)48)33(45)43(28)19-26/h6-8,10-12,16,21-23,25-26,28,30,40H,5,9,13-15,17-20H2,1-4H3,(H,41,44)(H,42,46)(H,47,48)/b11-7-/t22-,23+,25+,26+,28-,30-,37?/m0/s1. The fourth-order valence-electron chi connectivity index (χ4n) is 7.58. The van der Waals surface area contributed by atoms with E-state index in [-0.39, 0.29) is 50.1 Å². The minimum absolute atomic E-state index is 0.0467. The van der Waals surface area contributed by atoms with E-state index in [1.165, 1.54) is 4.90 Å². The van der Waals surface area contributed by atoms with Crippen molar-refractivity contribution in [1.82, 2.24) is 25.2 Å². The predicted octanol–water partition coefficient (Wildman–Crippen LogP) is 3.84. The summed E-state index contributed by atoms with van der Waals surface area (Å²) in [5.41, 5.74) is -1.67. The van der Waals surface area contributed by atoms with Crippen LogP contribution in [0.1, 0.15) is 72.6 Å². The summed E-state index contributed by atoms with van der Waals surface area (Å²) in [5.74, 6) is -2.71. The van der Waals surface area contributed by atoms with E-state index in [2.05, 4.69) is 20.3 Å². The molecule has 3 heterocycles. The molecule has 2 aliphatic carbocycles. The lowest BCUT2D eigenvalue weighted by Crippen LogP contribution is -2.59. The van der Waals surface area contributed by atoms with Gasteiger partial charge in [0, 0.05) is 23.8 Å². The molecule has 0 bridgehead atoms. The van der Waals surface area contributed by atoms with Gasteiger partial charge >= 0.3 is 6.09 Å². The van der Waals surface area contributed by atoms with Gasteiger partial charge in [0.05, 0.1) is 12.6 Å². The molecule has 0 radical (unpaired) electrons. The van der Waals surface area contributed by atoms with Gasteiger partial charge in [0.25, 0.3) is 5.91 Å². The first kappa shape index (κ1) is 38.3. The molecule has 3 fully saturated rings. The number of halogens is 1. The first-order chi connectivity index (χ1) is 25.1. The molecule has 2 aliphatic heterocycles. The summed E-state index contributed by atoms with van der Waals surface area (Å²) < 4.78 is 52.7. The van der Waals surface area contributed by atoms with Crippen molar-refractivity contribution in [3.8, 4) is 11.8 Å². The Morgan fingerprint density at radius 1 is 1.17 bits per heavy atom. The number of pyridine rings is 1. The Balaban J connectivity index is 1.35. The topological polar surface area (TPSA) is 193 Å². The number of hydrogen-bond donors (Lipinski definition) is 4. The zero-order valence-corrected chi connectivity index (χ0v) is 31.2. The Labute approximate surface area is 308 Å². The monoisotopic (exact) mass is 757 g/mol. The van der Waals surface area contributed by atoms with E-state index in [4.69, 9.17) is 9.47 Å². The van der Waals surface area contributed by atoms with Crippen molar-refractivity contribution in [2.24, 2.45) is 17.8 Å². The number of hydrogen-bond acceptors (Lipinski definition) is 9. The second kappa shape index (κ2) is 14.7. The van der Waals surface area contributed by atoms with Gasteiger partial charge in [-0.15, -0.1) is 0 Å². The number of ether oxygens (including phenoxy) is 2. The highest BCUT2D eigenvalue weighted by Gasteiger charge is 2.64. The maximum Gasteiger partial charge on any atom is 0.405 e. The van der Waals surface area contributed by atoms with Crippen LogP contribution in [0.4, 0.5) is 9.18 Å². The number of benzene rings is 1. The van der Waals surface area contributed by atoms with Gasteiger partial charge in [-0.05, 0) is 75.7 Å².